The quantitative estimate of drug-likeness (QED) is 0.593. The van der Waals surface area contributed by atoms with Crippen molar-refractivity contribution >= 4 is 23.0 Å². The third kappa shape index (κ3) is 4.38. The number of ether oxygens (including phenoxy) is 1. The van der Waals surface area contributed by atoms with Gasteiger partial charge in [0.2, 0.25) is 0 Å². The zero-order valence-corrected chi connectivity index (χ0v) is 14.1. The van der Waals surface area contributed by atoms with Crippen molar-refractivity contribution in [2.45, 2.75) is 13.3 Å². The van der Waals surface area contributed by atoms with Crippen molar-refractivity contribution in [2.24, 2.45) is 0 Å². The van der Waals surface area contributed by atoms with Gasteiger partial charge in [-0.05, 0) is 42.8 Å². The molecular formula is C19H21N5O. The highest BCUT2D eigenvalue weighted by molar-refractivity contribution is 5.77. The first-order valence-corrected chi connectivity index (χ1v) is 8.20. The van der Waals surface area contributed by atoms with Crippen LogP contribution < -0.4 is 21.1 Å². The van der Waals surface area contributed by atoms with Gasteiger partial charge in [-0.15, -0.1) is 0 Å². The van der Waals surface area contributed by atoms with Crippen molar-refractivity contribution in [2.75, 3.05) is 22.9 Å². The summed E-state index contributed by atoms with van der Waals surface area (Å²) in [6.07, 6.45) is 2.48. The first-order valence-electron chi connectivity index (χ1n) is 8.20. The fourth-order valence-electron chi connectivity index (χ4n) is 2.25. The molecule has 0 aliphatic rings. The second-order valence-corrected chi connectivity index (χ2v) is 5.48. The zero-order valence-electron chi connectivity index (χ0n) is 14.1. The second kappa shape index (κ2) is 8.01. The van der Waals surface area contributed by atoms with Gasteiger partial charge in [-0.2, -0.15) is 0 Å². The molecule has 3 aromatic rings. The van der Waals surface area contributed by atoms with E-state index in [4.69, 9.17) is 10.5 Å². The van der Waals surface area contributed by atoms with E-state index >= 15 is 0 Å². The minimum atomic E-state index is 0.501. The predicted molar refractivity (Wildman–Crippen MR) is 101 cm³/mol. The van der Waals surface area contributed by atoms with Gasteiger partial charge in [0, 0.05) is 12.2 Å². The number of para-hydroxylation sites is 1. The summed E-state index contributed by atoms with van der Waals surface area (Å²) in [5.74, 6) is 2.78. The van der Waals surface area contributed by atoms with Crippen LogP contribution in [0.25, 0.3) is 0 Å². The molecule has 6 nitrogen and oxygen atoms in total. The highest BCUT2D eigenvalue weighted by Gasteiger charge is 2.08. The van der Waals surface area contributed by atoms with E-state index in [2.05, 4.69) is 27.5 Å². The van der Waals surface area contributed by atoms with Crippen LogP contribution in [0.1, 0.15) is 13.3 Å². The van der Waals surface area contributed by atoms with Gasteiger partial charge in [-0.1, -0.05) is 25.1 Å². The van der Waals surface area contributed by atoms with Crippen molar-refractivity contribution in [3.63, 3.8) is 0 Å². The highest BCUT2D eigenvalue weighted by Crippen LogP contribution is 2.27. The third-order valence-corrected chi connectivity index (χ3v) is 3.52. The lowest BCUT2D eigenvalue weighted by molar-refractivity contribution is 0.483. The Morgan fingerprint density at radius 3 is 2.32 bits per heavy atom. The Balaban J connectivity index is 1.69. The van der Waals surface area contributed by atoms with E-state index in [1.165, 1.54) is 6.33 Å². The number of aromatic nitrogens is 2. The molecule has 1 heterocycles. The van der Waals surface area contributed by atoms with Gasteiger partial charge in [-0.25, -0.2) is 9.97 Å². The lowest BCUT2D eigenvalue weighted by atomic mass is 10.3. The van der Waals surface area contributed by atoms with Gasteiger partial charge in [-0.3, -0.25) is 0 Å². The number of nitrogens with one attached hydrogen (secondary N) is 2. The fraction of sp³-hybridized carbons (Fsp3) is 0.158. The van der Waals surface area contributed by atoms with E-state index in [1.807, 2.05) is 54.6 Å². The molecular weight excluding hydrogens is 314 g/mol. The summed E-state index contributed by atoms with van der Waals surface area (Å²) in [4.78, 5) is 8.39. The van der Waals surface area contributed by atoms with Crippen LogP contribution in [-0.2, 0) is 0 Å². The molecule has 25 heavy (non-hydrogen) atoms. The summed E-state index contributed by atoms with van der Waals surface area (Å²) < 4.78 is 5.78. The van der Waals surface area contributed by atoms with E-state index in [0.29, 0.717) is 17.3 Å². The van der Waals surface area contributed by atoms with Gasteiger partial charge in [0.25, 0.3) is 0 Å². The number of nitrogens with two attached hydrogens (primary N) is 1. The normalized spacial score (nSPS) is 10.3. The number of nitrogens with zero attached hydrogens (tertiary/aromatic N) is 2. The lowest BCUT2D eigenvalue weighted by Gasteiger charge is -2.12. The Hall–Kier alpha value is -3.28. The Kier molecular flexibility index (Phi) is 5.31. The van der Waals surface area contributed by atoms with Gasteiger partial charge in [0.1, 0.15) is 23.5 Å². The first kappa shape index (κ1) is 16.6. The number of hydrogen-bond donors (Lipinski definition) is 3. The Bertz CT molecular complexity index is 806. The summed E-state index contributed by atoms with van der Waals surface area (Å²) in [6.45, 7) is 2.90. The van der Waals surface area contributed by atoms with Crippen LogP contribution in [0, 0.1) is 0 Å². The van der Waals surface area contributed by atoms with Gasteiger partial charge >= 0.3 is 0 Å². The molecule has 128 valence electrons. The topological polar surface area (TPSA) is 85.1 Å². The van der Waals surface area contributed by atoms with Gasteiger partial charge in [0.05, 0.1) is 0 Å². The molecule has 0 saturated carbocycles. The molecule has 0 saturated heterocycles. The number of nitrogen functional groups attached to an aromatic ring is 1. The standard InChI is InChI=1S/C19H21N5O/c1-2-12-21-18-17(20)19(23-13-22-18)24-14-8-10-16(11-9-14)25-15-6-4-3-5-7-15/h3-11,13H,2,12,20H2,1H3,(H2,21,22,23,24). The Morgan fingerprint density at radius 2 is 1.60 bits per heavy atom. The molecule has 0 fully saturated rings. The average molecular weight is 335 g/mol. The molecule has 3 rings (SSSR count). The smallest absolute Gasteiger partial charge is 0.159 e. The summed E-state index contributed by atoms with van der Waals surface area (Å²) in [7, 11) is 0. The van der Waals surface area contributed by atoms with Crippen LogP contribution in [-0.4, -0.2) is 16.5 Å². The zero-order chi connectivity index (χ0) is 17.5. The number of anilines is 4. The summed E-state index contributed by atoms with van der Waals surface area (Å²) in [5.41, 5.74) is 7.50. The monoisotopic (exact) mass is 335 g/mol. The van der Waals surface area contributed by atoms with Gasteiger partial charge in [0.15, 0.2) is 11.6 Å². The summed E-state index contributed by atoms with van der Waals surface area (Å²) in [6, 6.07) is 17.3. The molecule has 0 unspecified atom stereocenters. The van der Waals surface area contributed by atoms with E-state index < -0.39 is 0 Å². The summed E-state index contributed by atoms with van der Waals surface area (Å²) >= 11 is 0. The molecule has 0 radical (unpaired) electrons. The molecule has 0 spiro atoms. The fourth-order valence-corrected chi connectivity index (χ4v) is 2.25. The lowest BCUT2D eigenvalue weighted by Crippen LogP contribution is -2.08. The van der Waals surface area contributed by atoms with Gasteiger partial charge < -0.3 is 21.1 Å². The SMILES string of the molecule is CCCNc1ncnc(Nc2ccc(Oc3ccccc3)cc2)c1N. The van der Waals surface area contributed by atoms with Crippen molar-refractivity contribution in [1.29, 1.82) is 0 Å². The summed E-state index contributed by atoms with van der Waals surface area (Å²) in [5, 5.41) is 6.40. The van der Waals surface area contributed by atoms with Crippen LogP contribution in [0.5, 0.6) is 11.5 Å². The minimum absolute atomic E-state index is 0.501. The molecule has 0 bridgehead atoms. The van der Waals surface area contributed by atoms with E-state index in [-0.39, 0.29) is 0 Å². The maximum Gasteiger partial charge on any atom is 0.159 e. The van der Waals surface area contributed by atoms with Crippen molar-refractivity contribution in [3.05, 3.63) is 60.9 Å². The van der Waals surface area contributed by atoms with Crippen molar-refractivity contribution < 1.29 is 4.74 Å². The largest absolute Gasteiger partial charge is 0.457 e. The Labute approximate surface area is 147 Å². The van der Waals surface area contributed by atoms with E-state index in [1.54, 1.807) is 0 Å². The predicted octanol–water partition coefficient (Wildman–Crippen LogP) is 4.42. The maximum atomic E-state index is 6.13. The molecule has 6 heteroatoms. The molecule has 0 amide bonds. The van der Waals surface area contributed by atoms with Crippen LogP contribution >= 0.6 is 0 Å². The highest BCUT2D eigenvalue weighted by atomic mass is 16.5. The second-order valence-electron chi connectivity index (χ2n) is 5.48. The molecule has 0 aliphatic heterocycles. The first-order chi connectivity index (χ1) is 12.3. The minimum Gasteiger partial charge on any atom is -0.457 e. The molecule has 2 aromatic carbocycles. The molecule has 0 aliphatic carbocycles. The van der Waals surface area contributed by atoms with Crippen LogP contribution in [0.15, 0.2) is 60.9 Å². The van der Waals surface area contributed by atoms with Crippen molar-refractivity contribution in [1.82, 2.24) is 9.97 Å². The molecule has 4 N–H and O–H groups in total. The van der Waals surface area contributed by atoms with E-state index in [0.717, 1.165) is 30.2 Å². The van der Waals surface area contributed by atoms with Crippen molar-refractivity contribution in [3.8, 4) is 11.5 Å². The van der Waals surface area contributed by atoms with E-state index in [9.17, 15) is 0 Å². The van der Waals surface area contributed by atoms with Crippen LogP contribution in [0.2, 0.25) is 0 Å². The molecule has 0 atom stereocenters. The van der Waals surface area contributed by atoms with Crippen LogP contribution in [0.3, 0.4) is 0 Å². The Morgan fingerprint density at radius 1 is 0.920 bits per heavy atom. The molecule has 1 aromatic heterocycles. The average Bonchev–Trinajstić information content (AvgIpc) is 2.65. The van der Waals surface area contributed by atoms with Crippen LogP contribution in [0.4, 0.5) is 23.0 Å². The maximum absolute atomic E-state index is 6.13. The number of hydrogen-bond acceptors (Lipinski definition) is 6. The number of rotatable bonds is 7. The number of benzene rings is 2. The third-order valence-electron chi connectivity index (χ3n) is 3.52.